The van der Waals surface area contributed by atoms with Gasteiger partial charge in [-0.25, -0.2) is 4.98 Å². The molecule has 0 amide bonds. The Morgan fingerprint density at radius 3 is 2.75 bits per heavy atom. The number of carbonyl (C=O) groups is 1. The molecule has 0 saturated heterocycles. The van der Waals surface area contributed by atoms with E-state index < -0.39 is 0 Å². The standard InChI is InChI=1S/C17H20N2O/c1-19-15-10-6-5-9-14(15)18-17(19)16(20)12-11-13-7-3-2-4-8-13/h5-6,9-13H,2-4,7-8H2,1H3/b12-11+. The zero-order valence-corrected chi connectivity index (χ0v) is 11.9. The van der Waals surface area contributed by atoms with Crippen molar-refractivity contribution < 1.29 is 4.79 Å². The fraction of sp³-hybridized carbons (Fsp3) is 0.412. The number of nitrogens with zero attached hydrogens (tertiary/aromatic N) is 2. The van der Waals surface area contributed by atoms with Gasteiger partial charge in [0.2, 0.25) is 5.78 Å². The molecule has 1 aromatic carbocycles. The van der Waals surface area contributed by atoms with Gasteiger partial charge in [0.25, 0.3) is 0 Å². The third kappa shape index (κ3) is 2.53. The highest BCUT2D eigenvalue weighted by Gasteiger charge is 2.14. The Labute approximate surface area is 119 Å². The van der Waals surface area contributed by atoms with Gasteiger partial charge >= 0.3 is 0 Å². The van der Waals surface area contributed by atoms with Crippen molar-refractivity contribution in [2.75, 3.05) is 0 Å². The normalized spacial score (nSPS) is 17.1. The highest BCUT2D eigenvalue weighted by Crippen LogP contribution is 2.24. The van der Waals surface area contributed by atoms with Crippen LogP contribution in [0.1, 0.15) is 42.7 Å². The lowest BCUT2D eigenvalue weighted by molar-refractivity contribution is 0.103. The maximum atomic E-state index is 12.3. The molecule has 3 heteroatoms. The number of allylic oxidation sites excluding steroid dienone is 2. The van der Waals surface area contributed by atoms with E-state index in [0.717, 1.165) is 11.0 Å². The third-order valence-electron chi connectivity index (χ3n) is 4.18. The van der Waals surface area contributed by atoms with E-state index in [2.05, 4.69) is 11.1 Å². The van der Waals surface area contributed by atoms with E-state index in [9.17, 15) is 4.79 Å². The van der Waals surface area contributed by atoms with Crippen LogP contribution in [0.25, 0.3) is 11.0 Å². The molecule has 1 saturated carbocycles. The summed E-state index contributed by atoms with van der Waals surface area (Å²) in [5.41, 5.74) is 1.88. The molecule has 104 valence electrons. The average molecular weight is 268 g/mol. The van der Waals surface area contributed by atoms with Gasteiger partial charge in [-0.15, -0.1) is 0 Å². The van der Waals surface area contributed by atoms with E-state index in [1.54, 1.807) is 6.08 Å². The van der Waals surface area contributed by atoms with Crippen LogP contribution in [-0.2, 0) is 7.05 Å². The number of ketones is 1. The Hall–Kier alpha value is -1.90. The van der Waals surface area contributed by atoms with Gasteiger partial charge in [0.15, 0.2) is 5.82 Å². The molecule has 0 bridgehead atoms. The summed E-state index contributed by atoms with van der Waals surface area (Å²) >= 11 is 0. The van der Waals surface area contributed by atoms with Gasteiger partial charge in [-0.2, -0.15) is 0 Å². The third-order valence-corrected chi connectivity index (χ3v) is 4.18. The first-order valence-corrected chi connectivity index (χ1v) is 7.39. The topological polar surface area (TPSA) is 34.9 Å². The number of aromatic nitrogens is 2. The molecule has 3 rings (SSSR count). The molecule has 1 aliphatic carbocycles. The summed E-state index contributed by atoms with van der Waals surface area (Å²) in [7, 11) is 1.90. The van der Waals surface area contributed by atoms with Gasteiger partial charge in [0, 0.05) is 7.05 Å². The van der Waals surface area contributed by atoms with E-state index >= 15 is 0 Å². The van der Waals surface area contributed by atoms with E-state index in [1.165, 1.54) is 32.1 Å². The zero-order valence-electron chi connectivity index (χ0n) is 11.9. The molecule has 1 aliphatic rings. The van der Waals surface area contributed by atoms with E-state index in [1.807, 2.05) is 35.9 Å². The van der Waals surface area contributed by atoms with Crippen LogP contribution in [0.15, 0.2) is 36.4 Å². The maximum Gasteiger partial charge on any atom is 0.220 e. The van der Waals surface area contributed by atoms with Gasteiger partial charge in [0.05, 0.1) is 11.0 Å². The first-order valence-electron chi connectivity index (χ1n) is 7.39. The van der Waals surface area contributed by atoms with Crippen LogP contribution < -0.4 is 0 Å². The number of aryl methyl sites for hydroxylation is 1. The van der Waals surface area contributed by atoms with Crippen LogP contribution in [0, 0.1) is 5.92 Å². The molecule has 0 N–H and O–H groups in total. The second-order valence-corrected chi connectivity index (χ2v) is 5.60. The summed E-state index contributed by atoms with van der Waals surface area (Å²) in [6.07, 6.45) is 10.1. The number of hydrogen-bond donors (Lipinski definition) is 0. The quantitative estimate of drug-likeness (QED) is 0.625. The van der Waals surface area contributed by atoms with Crippen LogP contribution in [0.3, 0.4) is 0 Å². The summed E-state index contributed by atoms with van der Waals surface area (Å²) in [5.74, 6) is 1.11. The minimum atomic E-state index is 0.00859. The number of hydrogen-bond acceptors (Lipinski definition) is 2. The number of rotatable bonds is 3. The van der Waals surface area contributed by atoms with Crippen molar-refractivity contribution in [3.05, 3.63) is 42.2 Å². The van der Waals surface area contributed by atoms with Gasteiger partial charge in [-0.1, -0.05) is 37.5 Å². The molecule has 20 heavy (non-hydrogen) atoms. The SMILES string of the molecule is Cn1c(C(=O)/C=C/C2CCCCC2)nc2ccccc21. The number of para-hydroxylation sites is 2. The first kappa shape index (κ1) is 13.1. The molecule has 1 fully saturated rings. The average Bonchev–Trinajstić information content (AvgIpc) is 2.84. The predicted octanol–water partition coefficient (Wildman–Crippen LogP) is 3.89. The van der Waals surface area contributed by atoms with Gasteiger partial charge in [-0.05, 0) is 37.0 Å². The van der Waals surface area contributed by atoms with Crippen LogP contribution in [-0.4, -0.2) is 15.3 Å². The Morgan fingerprint density at radius 1 is 1.25 bits per heavy atom. The summed E-state index contributed by atoms with van der Waals surface area (Å²) in [4.78, 5) is 16.7. The number of benzene rings is 1. The summed E-state index contributed by atoms with van der Waals surface area (Å²) in [5, 5.41) is 0. The smallest absolute Gasteiger partial charge is 0.220 e. The molecule has 2 aromatic rings. The van der Waals surface area contributed by atoms with Crippen molar-refractivity contribution in [3.63, 3.8) is 0 Å². The highest BCUT2D eigenvalue weighted by atomic mass is 16.1. The summed E-state index contributed by atoms with van der Waals surface area (Å²) in [6.45, 7) is 0. The van der Waals surface area contributed by atoms with Crippen molar-refractivity contribution in [3.8, 4) is 0 Å². The van der Waals surface area contributed by atoms with Gasteiger partial charge in [-0.3, -0.25) is 4.79 Å². The first-order chi connectivity index (χ1) is 9.75. The van der Waals surface area contributed by atoms with Crippen LogP contribution in [0.5, 0.6) is 0 Å². The van der Waals surface area contributed by atoms with Crippen LogP contribution >= 0.6 is 0 Å². The monoisotopic (exact) mass is 268 g/mol. The summed E-state index contributed by atoms with van der Waals surface area (Å²) in [6, 6.07) is 7.85. The zero-order chi connectivity index (χ0) is 13.9. The molecule has 1 heterocycles. The maximum absolute atomic E-state index is 12.3. The minimum Gasteiger partial charge on any atom is -0.324 e. The fourth-order valence-electron chi connectivity index (χ4n) is 2.99. The summed E-state index contributed by atoms with van der Waals surface area (Å²) < 4.78 is 1.88. The molecule has 0 radical (unpaired) electrons. The van der Waals surface area contributed by atoms with Crippen molar-refractivity contribution >= 4 is 16.8 Å². The van der Waals surface area contributed by atoms with E-state index in [4.69, 9.17) is 0 Å². The number of carbonyl (C=O) groups excluding carboxylic acids is 1. The molecule has 0 spiro atoms. The second-order valence-electron chi connectivity index (χ2n) is 5.60. The van der Waals surface area contributed by atoms with E-state index in [-0.39, 0.29) is 5.78 Å². The number of imidazole rings is 1. The van der Waals surface area contributed by atoms with Gasteiger partial charge < -0.3 is 4.57 Å². The highest BCUT2D eigenvalue weighted by molar-refractivity contribution is 6.03. The number of fused-ring (bicyclic) bond motifs is 1. The Kier molecular flexibility index (Phi) is 3.68. The lowest BCUT2D eigenvalue weighted by Crippen LogP contribution is -2.07. The minimum absolute atomic E-state index is 0.00859. The molecule has 0 unspecified atom stereocenters. The van der Waals surface area contributed by atoms with Crippen molar-refractivity contribution in [2.24, 2.45) is 13.0 Å². The molecule has 0 atom stereocenters. The molecular formula is C17H20N2O. The van der Waals surface area contributed by atoms with Crippen molar-refractivity contribution in [1.29, 1.82) is 0 Å². The molecule has 3 nitrogen and oxygen atoms in total. The van der Waals surface area contributed by atoms with Gasteiger partial charge in [0.1, 0.15) is 0 Å². The predicted molar refractivity (Wildman–Crippen MR) is 80.8 cm³/mol. The Balaban J connectivity index is 1.81. The Bertz CT molecular complexity index is 648. The van der Waals surface area contributed by atoms with Crippen LogP contribution in [0.4, 0.5) is 0 Å². The van der Waals surface area contributed by atoms with E-state index in [0.29, 0.717) is 11.7 Å². The lowest BCUT2D eigenvalue weighted by atomic mass is 9.89. The lowest BCUT2D eigenvalue weighted by Gasteiger charge is -2.17. The molecular weight excluding hydrogens is 248 g/mol. The van der Waals surface area contributed by atoms with Crippen molar-refractivity contribution in [1.82, 2.24) is 9.55 Å². The van der Waals surface area contributed by atoms with Crippen LogP contribution in [0.2, 0.25) is 0 Å². The fourth-order valence-corrected chi connectivity index (χ4v) is 2.99. The molecule has 0 aliphatic heterocycles. The van der Waals surface area contributed by atoms with Crippen molar-refractivity contribution in [2.45, 2.75) is 32.1 Å². The second kappa shape index (κ2) is 5.61. The Morgan fingerprint density at radius 2 is 2.00 bits per heavy atom. The molecule has 1 aromatic heterocycles. The largest absolute Gasteiger partial charge is 0.324 e.